The fraction of sp³-hybridized carbons (Fsp3) is 1.00. The number of nitrogens with two attached hydrogens (primary N) is 1. The highest BCUT2D eigenvalue weighted by molar-refractivity contribution is 4.76. The van der Waals surface area contributed by atoms with Crippen molar-refractivity contribution < 1.29 is 0 Å². The highest BCUT2D eigenvalue weighted by atomic mass is 14.4. The molecule has 0 bridgehead atoms. The van der Waals surface area contributed by atoms with E-state index in [4.69, 9.17) is 0 Å². The van der Waals surface area contributed by atoms with E-state index in [1.54, 1.807) is 0 Å². The predicted octanol–water partition coefficient (Wildman–Crippen LogP) is 2.41. The highest BCUT2D eigenvalue weighted by Gasteiger charge is 2.24. The van der Waals surface area contributed by atoms with E-state index in [-0.39, 0.29) is 0 Å². The molecule has 0 amide bonds. The van der Waals surface area contributed by atoms with Gasteiger partial charge in [0.2, 0.25) is 0 Å². The summed E-state index contributed by atoms with van der Waals surface area (Å²) in [5, 5.41) is 0. The van der Waals surface area contributed by atoms with Gasteiger partial charge in [-0.2, -0.15) is 0 Å². The first-order valence-corrected chi connectivity index (χ1v) is 4.42. The molecule has 0 aromatic carbocycles. The van der Waals surface area contributed by atoms with Gasteiger partial charge < -0.3 is 5.73 Å². The molecule has 2 unspecified atom stereocenters. The van der Waals surface area contributed by atoms with Crippen LogP contribution in [0.15, 0.2) is 0 Å². The zero-order valence-electron chi connectivity index (χ0n) is 7.56. The normalized spacial score (nSPS) is 30.0. The van der Waals surface area contributed by atoms with Crippen molar-refractivity contribution in [3.63, 3.8) is 0 Å². The van der Waals surface area contributed by atoms with Crippen LogP contribution in [0.1, 0.15) is 39.5 Å². The fourth-order valence-electron chi connectivity index (χ4n) is 1.54. The Labute approximate surface area is 65.0 Å². The van der Waals surface area contributed by atoms with E-state index in [1.807, 2.05) is 0 Å². The molecule has 1 aliphatic rings. The lowest BCUT2D eigenvalue weighted by Gasteiger charge is -2.33. The Hall–Kier alpha value is -0.0400. The predicted molar refractivity (Wildman–Crippen MR) is 46.9 cm³/mol. The van der Waals surface area contributed by atoms with Crippen molar-refractivity contribution in [3.8, 4) is 0 Å². The Morgan fingerprint density at radius 3 is 2.00 bits per heavy atom. The molecule has 0 aliphatic heterocycles. The molecule has 1 nitrogen and oxygen atoms in total. The van der Waals surface area contributed by atoms with Crippen LogP contribution in [0.2, 0.25) is 0 Å². The first kappa shape index (κ1) is 9.96. The maximum atomic E-state index is 4.50. The third-order valence-corrected chi connectivity index (χ3v) is 2.46. The van der Waals surface area contributed by atoms with Crippen LogP contribution in [0, 0.1) is 11.8 Å². The summed E-state index contributed by atoms with van der Waals surface area (Å²) in [6.45, 7) is 4.66. The molecule has 0 saturated heterocycles. The van der Waals surface area contributed by atoms with Gasteiger partial charge in [0.1, 0.15) is 0 Å². The minimum Gasteiger partial charge on any atom is -0.333 e. The van der Waals surface area contributed by atoms with Gasteiger partial charge in [-0.1, -0.05) is 33.1 Å². The zero-order chi connectivity index (χ0) is 7.98. The second-order valence-corrected chi connectivity index (χ2v) is 3.10. The van der Waals surface area contributed by atoms with Crippen molar-refractivity contribution in [3.05, 3.63) is 0 Å². The molecule has 2 atom stereocenters. The minimum atomic E-state index is 1.05. The lowest BCUT2D eigenvalue weighted by molar-refractivity contribution is 0.182. The summed E-state index contributed by atoms with van der Waals surface area (Å²) in [7, 11) is 1.50. The van der Waals surface area contributed by atoms with Crippen molar-refractivity contribution in [1.29, 1.82) is 0 Å². The lowest BCUT2D eigenvalue weighted by atomic mass is 9.73. The first-order chi connectivity index (χ1) is 4.84. The van der Waals surface area contributed by atoms with Gasteiger partial charge in [-0.05, 0) is 25.3 Å². The van der Waals surface area contributed by atoms with Gasteiger partial charge >= 0.3 is 0 Å². The van der Waals surface area contributed by atoms with E-state index in [0.717, 1.165) is 11.8 Å². The molecular formula is C9H21N. The molecule has 0 aromatic heterocycles. The van der Waals surface area contributed by atoms with Crippen LogP contribution in [-0.4, -0.2) is 7.05 Å². The van der Waals surface area contributed by atoms with Crippen molar-refractivity contribution in [2.45, 2.75) is 39.5 Å². The molecule has 1 fully saturated rings. The average Bonchev–Trinajstić information content (AvgIpc) is 2.01. The zero-order valence-corrected chi connectivity index (χ0v) is 7.56. The van der Waals surface area contributed by atoms with Crippen LogP contribution >= 0.6 is 0 Å². The van der Waals surface area contributed by atoms with E-state index in [2.05, 4.69) is 19.6 Å². The van der Waals surface area contributed by atoms with Crippen LogP contribution in [0.3, 0.4) is 0 Å². The van der Waals surface area contributed by atoms with Gasteiger partial charge in [-0.25, -0.2) is 0 Å². The van der Waals surface area contributed by atoms with Gasteiger partial charge in [0, 0.05) is 0 Å². The van der Waals surface area contributed by atoms with Gasteiger partial charge in [-0.3, -0.25) is 0 Å². The Balaban J connectivity index is 0.000000371. The smallest absolute Gasteiger partial charge is 0.0195 e. The highest BCUT2D eigenvalue weighted by Crippen LogP contribution is 2.36. The summed E-state index contributed by atoms with van der Waals surface area (Å²) in [5.74, 6) is 2.15. The maximum Gasteiger partial charge on any atom is -0.0195 e. The second kappa shape index (κ2) is 5.72. The van der Waals surface area contributed by atoms with Crippen molar-refractivity contribution >= 4 is 0 Å². The average molecular weight is 143 g/mol. The third-order valence-electron chi connectivity index (χ3n) is 2.46. The molecule has 2 N–H and O–H groups in total. The summed E-state index contributed by atoms with van der Waals surface area (Å²) in [6, 6.07) is 0. The molecule has 0 aromatic rings. The van der Waals surface area contributed by atoms with E-state index in [1.165, 1.54) is 32.7 Å². The molecule has 0 spiro atoms. The number of hydrogen-bond donors (Lipinski definition) is 1. The standard InChI is InChI=1S/C8H16.CH5N/c1-3-4-8-6-5-7(8)2;1-2/h7-8H,3-6H2,1-2H3;2H2,1H3. The number of hydrogen-bond acceptors (Lipinski definition) is 1. The van der Waals surface area contributed by atoms with E-state index in [0.29, 0.717) is 0 Å². The Morgan fingerprint density at radius 1 is 1.30 bits per heavy atom. The molecule has 10 heavy (non-hydrogen) atoms. The summed E-state index contributed by atoms with van der Waals surface area (Å²) in [4.78, 5) is 0. The Bertz CT molecular complexity index is 71.1. The summed E-state index contributed by atoms with van der Waals surface area (Å²) in [5.41, 5.74) is 4.50. The molecule has 62 valence electrons. The summed E-state index contributed by atoms with van der Waals surface area (Å²) < 4.78 is 0. The van der Waals surface area contributed by atoms with Crippen molar-refractivity contribution in [1.82, 2.24) is 0 Å². The van der Waals surface area contributed by atoms with E-state index >= 15 is 0 Å². The quantitative estimate of drug-likeness (QED) is 0.631. The molecule has 0 heterocycles. The Morgan fingerprint density at radius 2 is 1.90 bits per heavy atom. The summed E-state index contributed by atoms with van der Waals surface area (Å²) >= 11 is 0. The molecule has 1 rings (SSSR count). The fourth-order valence-corrected chi connectivity index (χ4v) is 1.54. The number of rotatable bonds is 2. The SMILES string of the molecule is CCCC1CCC1C.CN. The van der Waals surface area contributed by atoms with Crippen molar-refractivity contribution in [2.75, 3.05) is 7.05 Å². The molecule has 0 radical (unpaired) electrons. The van der Waals surface area contributed by atoms with Crippen LogP contribution in [0.4, 0.5) is 0 Å². The maximum absolute atomic E-state index is 4.50. The van der Waals surface area contributed by atoms with Crippen LogP contribution in [-0.2, 0) is 0 Å². The molecule has 1 saturated carbocycles. The van der Waals surface area contributed by atoms with Crippen LogP contribution < -0.4 is 5.73 Å². The molecular weight excluding hydrogens is 122 g/mol. The third kappa shape index (κ3) is 2.70. The topological polar surface area (TPSA) is 26.0 Å². The van der Waals surface area contributed by atoms with Crippen molar-refractivity contribution in [2.24, 2.45) is 17.6 Å². The molecule has 1 heteroatoms. The van der Waals surface area contributed by atoms with Gasteiger partial charge in [0.05, 0.1) is 0 Å². The summed E-state index contributed by atoms with van der Waals surface area (Å²) in [6.07, 6.45) is 5.86. The van der Waals surface area contributed by atoms with E-state index in [9.17, 15) is 0 Å². The first-order valence-electron chi connectivity index (χ1n) is 4.42. The van der Waals surface area contributed by atoms with Crippen LogP contribution in [0.5, 0.6) is 0 Å². The van der Waals surface area contributed by atoms with Gasteiger partial charge in [0.15, 0.2) is 0 Å². The van der Waals surface area contributed by atoms with E-state index < -0.39 is 0 Å². The molecule has 1 aliphatic carbocycles. The lowest BCUT2D eigenvalue weighted by Crippen LogP contribution is -2.22. The monoisotopic (exact) mass is 143 g/mol. The van der Waals surface area contributed by atoms with Gasteiger partial charge in [-0.15, -0.1) is 0 Å². The second-order valence-electron chi connectivity index (χ2n) is 3.10. The van der Waals surface area contributed by atoms with Crippen LogP contribution in [0.25, 0.3) is 0 Å². The van der Waals surface area contributed by atoms with Gasteiger partial charge in [0.25, 0.3) is 0 Å². The minimum absolute atomic E-state index is 1.05. The largest absolute Gasteiger partial charge is 0.333 e. The Kier molecular flexibility index (Phi) is 5.70.